The number of fused-ring (bicyclic) bond motifs is 4. The summed E-state index contributed by atoms with van der Waals surface area (Å²) in [6, 6.07) is 12.7. The van der Waals surface area contributed by atoms with Gasteiger partial charge in [-0.15, -0.1) is 11.3 Å². The molecule has 0 amide bonds. The van der Waals surface area contributed by atoms with Gasteiger partial charge in [0.25, 0.3) is 0 Å². The maximum Gasteiger partial charge on any atom is 0.320 e. The third-order valence-electron chi connectivity index (χ3n) is 10.2. The molecule has 2 aliphatic rings. The second kappa shape index (κ2) is 11.3. The number of hydrogen-bond donors (Lipinski definition) is 1. The molecular formula is C34H41N4OS2+. The average molecular weight is 586 g/mol. The Morgan fingerprint density at radius 1 is 0.854 bits per heavy atom. The summed E-state index contributed by atoms with van der Waals surface area (Å²) in [4.78, 5) is 8.02. The van der Waals surface area contributed by atoms with Crippen LogP contribution in [0.1, 0.15) is 99.5 Å². The molecule has 0 saturated carbocycles. The second-order valence-electron chi connectivity index (χ2n) is 13.2. The van der Waals surface area contributed by atoms with Crippen molar-refractivity contribution >= 4 is 43.1 Å². The Kier molecular flexibility index (Phi) is 8.16. The van der Waals surface area contributed by atoms with Gasteiger partial charge in [0.2, 0.25) is 5.69 Å². The van der Waals surface area contributed by atoms with Crippen LogP contribution in [0, 0.1) is 45.3 Å². The van der Waals surface area contributed by atoms with Crippen LogP contribution in [0.3, 0.4) is 0 Å². The van der Waals surface area contributed by atoms with Crippen molar-refractivity contribution in [1.29, 1.82) is 10.5 Å². The van der Waals surface area contributed by atoms with Crippen LogP contribution in [0.5, 0.6) is 0 Å². The predicted octanol–water partition coefficient (Wildman–Crippen LogP) is 8.55. The number of hydrogen-bond acceptors (Lipinski definition) is 6. The number of thiophene rings is 2. The molecule has 0 saturated heterocycles. The Morgan fingerprint density at radius 2 is 1.41 bits per heavy atom. The van der Waals surface area contributed by atoms with E-state index in [0.717, 1.165) is 69.0 Å². The third kappa shape index (κ3) is 5.72. The minimum atomic E-state index is 0.333. The lowest BCUT2D eigenvalue weighted by molar-refractivity contribution is -0.888. The SMILES string of the molecule is CCC(C)(C)C1CCc2c(cc3cc(C#N)sc3[n+]2O)C1.CCC(C)(C)C1CCc2nc3sc(C#N)cc3cc2C1. The number of nitriles is 2. The highest BCUT2D eigenvalue weighted by Gasteiger charge is 2.36. The minimum Gasteiger partial charge on any atom is -0.283 e. The molecule has 0 aliphatic heterocycles. The van der Waals surface area contributed by atoms with E-state index in [1.165, 1.54) is 63.5 Å². The molecule has 2 aliphatic carbocycles. The Labute approximate surface area is 252 Å². The summed E-state index contributed by atoms with van der Waals surface area (Å²) in [5.41, 5.74) is 5.66. The molecule has 0 aromatic carbocycles. The molecule has 2 atom stereocenters. The zero-order valence-electron chi connectivity index (χ0n) is 25.2. The highest BCUT2D eigenvalue weighted by atomic mass is 32.1. The van der Waals surface area contributed by atoms with Gasteiger partial charge in [0.1, 0.15) is 26.7 Å². The van der Waals surface area contributed by atoms with Crippen molar-refractivity contribution in [2.75, 3.05) is 0 Å². The Balaban J connectivity index is 0.000000165. The zero-order chi connectivity index (χ0) is 29.5. The fraction of sp³-hybridized carbons (Fsp3) is 0.529. The molecule has 2 unspecified atom stereocenters. The molecule has 0 bridgehead atoms. The van der Waals surface area contributed by atoms with E-state index in [1.54, 1.807) is 0 Å². The molecule has 41 heavy (non-hydrogen) atoms. The van der Waals surface area contributed by atoms with Crippen molar-refractivity contribution < 1.29 is 9.94 Å². The summed E-state index contributed by atoms with van der Waals surface area (Å²) in [6.45, 7) is 14.0. The van der Waals surface area contributed by atoms with E-state index in [2.05, 4.69) is 65.8 Å². The fourth-order valence-electron chi connectivity index (χ4n) is 6.46. The lowest BCUT2D eigenvalue weighted by Gasteiger charge is -2.36. The molecule has 7 heteroatoms. The molecule has 0 radical (unpaired) electrons. The number of nitrogens with zero attached hydrogens (tertiary/aromatic N) is 4. The monoisotopic (exact) mass is 585 g/mol. The highest BCUT2D eigenvalue weighted by molar-refractivity contribution is 7.19. The summed E-state index contributed by atoms with van der Waals surface area (Å²) in [5, 5.41) is 30.6. The van der Waals surface area contributed by atoms with E-state index in [0.29, 0.717) is 21.6 Å². The van der Waals surface area contributed by atoms with Crippen molar-refractivity contribution in [3.8, 4) is 12.1 Å². The van der Waals surface area contributed by atoms with Crippen LogP contribution in [-0.4, -0.2) is 10.2 Å². The summed E-state index contributed by atoms with van der Waals surface area (Å²) < 4.78 is 1.32. The molecule has 1 N–H and O–H groups in total. The molecule has 6 rings (SSSR count). The predicted molar refractivity (Wildman–Crippen MR) is 167 cm³/mol. The molecule has 4 heterocycles. The van der Waals surface area contributed by atoms with Gasteiger partial charge in [0.05, 0.1) is 5.39 Å². The zero-order valence-corrected chi connectivity index (χ0v) is 26.8. The number of aryl methyl sites for hydroxylation is 1. The van der Waals surface area contributed by atoms with Gasteiger partial charge >= 0.3 is 4.83 Å². The summed E-state index contributed by atoms with van der Waals surface area (Å²) >= 11 is 2.87. The van der Waals surface area contributed by atoms with Crippen molar-refractivity contribution in [3.63, 3.8) is 0 Å². The normalized spacial score (nSPS) is 18.6. The van der Waals surface area contributed by atoms with Gasteiger partial charge < -0.3 is 0 Å². The van der Waals surface area contributed by atoms with Crippen molar-refractivity contribution in [1.82, 2.24) is 4.98 Å². The smallest absolute Gasteiger partial charge is 0.283 e. The molecule has 4 aromatic rings. The first kappa shape index (κ1) is 29.5. The van der Waals surface area contributed by atoms with Crippen LogP contribution < -0.4 is 4.73 Å². The third-order valence-corrected chi connectivity index (χ3v) is 12.2. The molecule has 5 nitrogen and oxygen atoms in total. The van der Waals surface area contributed by atoms with Gasteiger partial charge in [-0.25, -0.2) is 4.98 Å². The maximum atomic E-state index is 10.5. The van der Waals surface area contributed by atoms with Gasteiger partial charge in [0, 0.05) is 27.8 Å². The van der Waals surface area contributed by atoms with Gasteiger partial charge in [-0.1, -0.05) is 65.7 Å². The number of aromatic nitrogens is 2. The van der Waals surface area contributed by atoms with E-state index in [4.69, 9.17) is 15.5 Å². The van der Waals surface area contributed by atoms with E-state index >= 15 is 0 Å². The topological polar surface area (TPSA) is 84.6 Å². The standard InChI is InChI=1S/C17H21N2OS.C17H20N2S/c1-4-17(2,3)13-5-6-15-11(8-13)7-12-9-14(10-18)21-16(12)19(15)20;1-4-17(2,3)13-5-6-15-11(8-13)7-12-9-14(10-18)20-16(12)19-15/h7,9,13,20H,4-6,8H2,1-3H3;7,9,13H,4-6,8H2,1-3H3/q+1;. The molecule has 4 aromatic heterocycles. The van der Waals surface area contributed by atoms with Crippen LogP contribution in [0.4, 0.5) is 0 Å². The van der Waals surface area contributed by atoms with Crippen LogP contribution in [0.25, 0.3) is 20.4 Å². The minimum absolute atomic E-state index is 0.333. The quantitative estimate of drug-likeness (QED) is 0.192. The van der Waals surface area contributed by atoms with Crippen LogP contribution in [-0.2, 0) is 25.7 Å². The first-order chi connectivity index (χ1) is 19.5. The van der Waals surface area contributed by atoms with E-state index in [-0.39, 0.29) is 0 Å². The lowest BCUT2D eigenvalue weighted by atomic mass is 9.69. The van der Waals surface area contributed by atoms with Gasteiger partial charge in [-0.3, -0.25) is 5.21 Å². The Morgan fingerprint density at radius 3 is 2.05 bits per heavy atom. The van der Waals surface area contributed by atoms with Crippen LogP contribution in [0.15, 0.2) is 24.3 Å². The fourth-order valence-corrected chi connectivity index (χ4v) is 8.16. The largest absolute Gasteiger partial charge is 0.320 e. The first-order valence-electron chi connectivity index (χ1n) is 14.9. The molecule has 0 spiro atoms. The molecular weight excluding hydrogens is 545 g/mol. The van der Waals surface area contributed by atoms with E-state index < -0.39 is 0 Å². The average Bonchev–Trinajstić information content (AvgIpc) is 3.59. The molecule has 0 fully saturated rings. The summed E-state index contributed by atoms with van der Waals surface area (Å²) in [5.74, 6) is 1.40. The van der Waals surface area contributed by atoms with Gasteiger partial charge in [-0.05, 0) is 84.6 Å². The van der Waals surface area contributed by atoms with E-state index in [9.17, 15) is 5.21 Å². The second-order valence-corrected chi connectivity index (χ2v) is 15.2. The lowest BCUT2D eigenvalue weighted by Crippen LogP contribution is -2.40. The molecule has 214 valence electrons. The summed E-state index contributed by atoms with van der Waals surface area (Å²) in [7, 11) is 0. The van der Waals surface area contributed by atoms with Crippen molar-refractivity contribution in [2.45, 2.75) is 92.9 Å². The number of pyridine rings is 2. The Bertz CT molecular complexity index is 1680. The van der Waals surface area contributed by atoms with Crippen LogP contribution in [0.2, 0.25) is 0 Å². The van der Waals surface area contributed by atoms with Crippen molar-refractivity contribution in [2.24, 2.45) is 22.7 Å². The maximum absolute atomic E-state index is 10.5. The Hall–Kier alpha value is -3.00. The van der Waals surface area contributed by atoms with Gasteiger partial charge in [0.15, 0.2) is 0 Å². The van der Waals surface area contributed by atoms with Crippen molar-refractivity contribution in [3.05, 3.63) is 56.5 Å². The van der Waals surface area contributed by atoms with Crippen LogP contribution >= 0.6 is 22.7 Å². The van der Waals surface area contributed by atoms with Gasteiger partial charge in [-0.2, -0.15) is 10.5 Å². The first-order valence-corrected chi connectivity index (χ1v) is 16.5. The number of rotatable bonds is 4. The summed E-state index contributed by atoms with van der Waals surface area (Å²) in [6.07, 6.45) is 8.90. The highest BCUT2D eigenvalue weighted by Crippen LogP contribution is 2.41. The van der Waals surface area contributed by atoms with E-state index in [1.807, 2.05) is 12.1 Å².